The first-order chi connectivity index (χ1) is 8.93. The van der Waals surface area contributed by atoms with Crippen LogP contribution in [0, 0.1) is 0 Å². The van der Waals surface area contributed by atoms with E-state index in [-0.39, 0.29) is 0 Å². The maximum Gasteiger partial charge on any atom is 0.321 e. The molecule has 0 saturated carbocycles. The summed E-state index contributed by atoms with van der Waals surface area (Å²) < 4.78 is 5.41. The van der Waals surface area contributed by atoms with E-state index in [1.54, 1.807) is 31.2 Å². The molecule has 0 aliphatic rings. The van der Waals surface area contributed by atoms with Gasteiger partial charge in [0.15, 0.2) is 6.10 Å². The Hall–Kier alpha value is -2.08. The number of hydrogen-bond acceptors (Lipinski definition) is 4. The number of aliphatic hydroxyl groups excluding tert-OH is 1. The molecule has 1 aromatic carbocycles. The summed E-state index contributed by atoms with van der Waals surface area (Å²) in [5.41, 5.74) is 0.691. The van der Waals surface area contributed by atoms with E-state index in [0.29, 0.717) is 11.3 Å². The number of ether oxygens (including phenoxy) is 1. The van der Waals surface area contributed by atoms with Crippen LogP contribution in [0.4, 0.5) is 4.79 Å². The maximum atomic E-state index is 11.6. The first-order valence-corrected chi connectivity index (χ1v) is 5.91. The third-order valence-electron chi connectivity index (χ3n) is 2.49. The van der Waals surface area contributed by atoms with E-state index < -0.39 is 24.1 Å². The highest BCUT2D eigenvalue weighted by atomic mass is 16.5. The van der Waals surface area contributed by atoms with Crippen LogP contribution in [0.15, 0.2) is 24.3 Å². The molecule has 0 aliphatic heterocycles. The number of imide groups is 1. The average molecular weight is 266 g/mol. The number of aliphatic hydroxyl groups is 1. The molecule has 0 aromatic heterocycles. The van der Waals surface area contributed by atoms with Gasteiger partial charge in [0.2, 0.25) is 0 Å². The molecule has 6 nitrogen and oxygen atoms in total. The number of hydrogen-bond donors (Lipinski definition) is 3. The van der Waals surface area contributed by atoms with Crippen LogP contribution < -0.4 is 15.4 Å². The second-order valence-electron chi connectivity index (χ2n) is 4.08. The molecule has 0 heterocycles. The minimum atomic E-state index is -0.818. The van der Waals surface area contributed by atoms with Gasteiger partial charge in [0.05, 0.1) is 6.10 Å². The second-order valence-corrected chi connectivity index (χ2v) is 4.08. The van der Waals surface area contributed by atoms with Crippen molar-refractivity contribution in [3.05, 3.63) is 29.8 Å². The molecular formula is C13H18N2O4. The molecule has 0 radical (unpaired) electrons. The third kappa shape index (κ3) is 4.59. The van der Waals surface area contributed by atoms with Gasteiger partial charge in [-0.15, -0.1) is 0 Å². The van der Waals surface area contributed by atoms with Crippen molar-refractivity contribution in [2.24, 2.45) is 0 Å². The molecule has 0 saturated heterocycles. The zero-order valence-electron chi connectivity index (χ0n) is 11.1. The van der Waals surface area contributed by atoms with Crippen LogP contribution in [0.2, 0.25) is 0 Å². The van der Waals surface area contributed by atoms with Crippen molar-refractivity contribution in [1.29, 1.82) is 0 Å². The normalized spacial score (nSPS) is 13.3. The molecule has 0 spiro atoms. The molecule has 2 unspecified atom stereocenters. The van der Waals surface area contributed by atoms with Crippen molar-refractivity contribution >= 4 is 11.9 Å². The Labute approximate surface area is 111 Å². The molecule has 19 heavy (non-hydrogen) atoms. The smallest absolute Gasteiger partial charge is 0.321 e. The quantitative estimate of drug-likeness (QED) is 0.757. The van der Waals surface area contributed by atoms with Crippen molar-refractivity contribution in [2.75, 3.05) is 7.05 Å². The van der Waals surface area contributed by atoms with E-state index in [4.69, 9.17) is 4.74 Å². The number of benzene rings is 1. The van der Waals surface area contributed by atoms with Crippen molar-refractivity contribution in [1.82, 2.24) is 10.6 Å². The highest BCUT2D eigenvalue weighted by Crippen LogP contribution is 2.19. The second kappa shape index (κ2) is 6.75. The SMILES string of the molecule is CNC(=O)NC(=O)C(C)Oc1cccc(C(C)O)c1. The van der Waals surface area contributed by atoms with Gasteiger partial charge in [-0.1, -0.05) is 12.1 Å². The Kier molecular flexibility index (Phi) is 5.32. The minimum Gasteiger partial charge on any atom is -0.481 e. The van der Waals surface area contributed by atoms with Gasteiger partial charge >= 0.3 is 6.03 Å². The van der Waals surface area contributed by atoms with Gasteiger partial charge in [-0.05, 0) is 31.5 Å². The van der Waals surface area contributed by atoms with Gasteiger partial charge in [0, 0.05) is 7.05 Å². The topological polar surface area (TPSA) is 87.7 Å². The summed E-state index contributed by atoms with van der Waals surface area (Å²) in [7, 11) is 1.42. The molecule has 1 rings (SSSR count). The van der Waals surface area contributed by atoms with Crippen LogP contribution in [0.1, 0.15) is 25.5 Å². The predicted molar refractivity (Wildman–Crippen MR) is 69.8 cm³/mol. The van der Waals surface area contributed by atoms with Crippen LogP contribution >= 0.6 is 0 Å². The summed E-state index contributed by atoms with van der Waals surface area (Å²) in [5, 5.41) is 13.9. The molecule has 2 atom stereocenters. The van der Waals surface area contributed by atoms with E-state index in [0.717, 1.165) is 0 Å². The van der Waals surface area contributed by atoms with Crippen LogP contribution in [0.5, 0.6) is 5.75 Å². The number of rotatable bonds is 4. The maximum absolute atomic E-state index is 11.6. The molecule has 0 aliphatic carbocycles. The number of urea groups is 1. The van der Waals surface area contributed by atoms with Gasteiger partial charge in [0.25, 0.3) is 5.91 Å². The summed E-state index contributed by atoms with van der Waals surface area (Å²) in [6.45, 7) is 3.17. The van der Waals surface area contributed by atoms with Crippen LogP contribution in [0.25, 0.3) is 0 Å². The molecule has 0 bridgehead atoms. The van der Waals surface area contributed by atoms with E-state index in [1.807, 2.05) is 0 Å². The standard InChI is InChI=1S/C13H18N2O4/c1-8(16)10-5-4-6-11(7-10)19-9(2)12(17)15-13(18)14-3/h4-9,16H,1-3H3,(H2,14,15,17,18). The van der Waals surface area contributed by atoms with Crippen LogP contribution in [0.3, 0.4) is 0 Å². The fraction of sp³-hybridized carbons (Fsp3) is 0.385. The van der Waals surface area contributed by atoms with Crippen LogP contribution in [-0.2, 0) is 4.79 Å². The summed E-state index contributed by atoms with van der Waals surface area (Å²) in [5.74, 6) is -0.0836. The van der Waals surface area contributed by atoms with Gasteiger partial charge in [-0.2, -0.15) is 0 Å². The number of nitrogens with one attached hydrogen (secondary N) is 2. The molecule has 104 valence electrons. The average Bonchev–Trinajstić information content (AvgIpc) is 2.38. The third-order valence-corrected chi connectivity index (χ3v) is 2.49. The fourth-order valence-electron chi connectivity index (χ4n) is 1.38. The lowest BCUT2D eigenvalue weighted by Crippen LogP contribution is -2.43. The summed E-state index contributed by atoms with van der Waals surface area (Å²) in [6, 6.07) is 6.22. The Morgan fingerprint density at radius 3 is 2.58 bits per heavy atom. The molecule has 6 heteroatoms. The molecule has 3 N–H and O–H groups in total. The van der Waals surface area contributed by atoms with Crippen molar-refractivity contribution in [3.8, 4) is 5.75 Å². The van der Waals surface area contributed by atoms with Crippen molar-refractivity contribution in [2.45, 2.75) is 26.1 Å². The van der Waals surface area contributed by atoms with Crippen molar-refractivity contribution in [3.63, 3.8) is 0 Å². The minimum absolute atomic E-state index is 0.456. The van der Waals surface area contributed by atoms with Gasteiger partial charge in [-0.3, -0.25) is 10.1 Å². The number of amides is 3. The van der Waals surface area contributed by atoms with Gasteiger partial charge < -0.3 is 15.2 Å². The Morgan fingerprint density at radius 1 is 1.32 bits per heavy atom. The van der Waals surface area contributed by atoms with E-state index in [1.165, 1.54) is 14.0 Å². The Balaban J connectivity index is 2.66. The summed E-state index contributed by atoms with van der Waals surface area (Å²) in [6.07, 6.45) is -1.43. The lowest BCUT2D eigenvalue weighted by atomic mass is 10.1. The molecule has 1 aromatic rings. The molecular weight excluding hydrogens is 248 g/mol. The van der Waals surface area contributed by atoms with Crippen molar-refractivity contribution < 1.29 is 19.4 Å². The molecule has 0 fully saturated rings. The highest BCUT2D eigenvalue weighted by Gasteiger charge is 2.17. The fourth-order valence-corrected chi connectivity index (χ4v) is 1.38. The Bertz CT molecular complexity index is 460. The Morgan fingerprint density at radius 2 is 2.00 bits per heavy atom. The largest absolute Gasteiger partial charge is 0.481 e. The summed E-state index contributed by atoms with van der Waals surface area (Å²) >= 11 is 0. The monoisotopic (exact) mass is 266 g/mol. The van der Waals surface area contributed by atoms with Gasteiger partial charge in [-0.25, -0.2) is 4.79 Å². The molecule has 3 amide bonds. The lowest BCUT2D eigenvalue weighted by molar-refractivity contribution is -0.126. The first-order valence-electron chi connectivity index (χ1n) is 5.91. The lowest BCUT2D eigenvalue weighted by Gasteiger charge is -2.15. The van der Waals surface area contributed by atoms with Crippen LogP contribution in [-0.4, -0.2) is 30.2 Å². The van der Waals surface area contributed by atoms with E-state index >= 15 is 0 Å². The predicted octanol–water partition coefficient (Wildman–Crippen LogP) is 0.963. The zero-order chi connectivity index (χ0) is 14.4. The zero-order valence-corrected chi connectivity index (χ0v) is 11.1. The number of carbonyl (C=O) groups excluding carboxylic acids is 2. The van der Waals surface area contributed by atoms with Gasteiger partial charge in [0.1, 0.15) is 5.75 Å². The van der Waals surface area contributed by atoms with E-state index in [2.05, 4.69) is 10.6 Å². The summed E-state index contributed by atoms with van der Waals surface area (Å²) in [4.78, 5) is 22.6. The van der Waals surface area contributed by atoms with E-state index in [9.17, 15) is 14.7 Å². The first kappa shape index (κ1) is 15.0. The highest BCUT2D eigenvalue weighted by molar-refractivity contribution is 5.96. The number of carbonyl (C=O) groups is 2.